The molecule has 2 aromatic heterocycles. The fourth-order valence-electron chi connectivity index (χ4n) is 2.54. The molecule has 3 heterocycles. The van der Waals surface area contributed by atoms with Crippen LogP contribution in [0.3, 0.4) is 0 Å². The Hall–Kier alpha value is -2.41. The van der Waals surface area contributed by atoms with Crippen molar-refractivity contribution >= 4 is 23.3 Å². The molecule has 3 rings (SSSR count). The third-order valence-electron chi connectivity index (χ3n) is 3.82. The van der Waals surface area contributed by atoms with Crippen molar-refractivity contribution in [3.63, 3.8) is 0 Å². The van der Waals surface area contributed by atoms with Crippen LogP contribution in [0, 0.1) is 0 Å². The summed E-state index contributed by atoms with van der Waals surface area (Å²) in [6.07, 6.45) is 3.27. The molecule has 8 heteroatoms. The number of piperazine rings is 1. The fourth-order valence-corrected chi connectivity index (χ4v) is 2.75. The van der Waals surface area contributed by atoms with Crippen molar-refractivity contribution < 1.29 is 4.79 Å². The third kappa shape index (κ3) is 3.19. The Labute approximate surface area is 137 Å². The van der Waals surface area contributed by atoms with E-state index in [-0.39, 0.29) is 16.5 Å². The van der Waals surface area contributed by atoms with E-state index >= 15 is 0 Å². The highest BCUT2D eigenvalue weighted by Gasteiger charge is 2.23. The SMILES string of the molecule is CC(=O)N1CCN(c2nc(-c3ccncc3)[nH]c(=O)c2Cl)CC1. The van der Waals surface area contributed by atoms with Crippen LogP contribution < -0.4 is 10.5 Å². The van der Waals surface area contributed by atoms with E-state index in [4.69, 9.17) is 11.6 Å². The van der Waals surface area contributed by atoms with Gasteiger partial charge in [-0.05, 0) is 12.1 Å². The first-order valence-corrected chi connectivity index (χ1v) is 7.64. The van der Waals surface area contributed by atoms with Crippen LogP contribution in [0.5, 0.6) is 0 Å². The van der Waals surface area contributed by atoms with Crippen molar-refractivity contribution in [2.24, 2.45) is 0 Å². The topological polar surface area (TPSA) is 82.2 Å². The van der Waals surface area contributed by atoms with Crippen molar-refractivity contribution in [1.82, 2.24) is 19.9 Å². The minimum Gasteiger partial charge on any atom is -0.352 e. The van der Waals surface area contributed by atoms with Gasteiger partial charge in [-0.1, -0.05) is 11.6 Å². The van der Waals surface area contributed by atoms with Gasteiger partial charge >= 0.3 is 0 Å². The van der Waals surface area contributed by atoms with Gasteiger partial charge in [0.05, 0.1) is 0 Å². The molecule has 2 aromatic rings. The highest BCUT2D eigenvalue weighted by molar-refractivity contribution is 6.32. The molecular weight excluding hydrogens is 318 g/mol. The molecule has 1 fully saturated rings. The molecule has 0 unspecified atom stereocenters. The summed E-state index contributed by atoms with van der Waals surface area (Å²) < 4.78 is 0. The third-order valence-corrected chi connectivity index (χ3v) is 4.16. The maximum atomic E-state index is 12.1. The maximum Gasteiger partial charge on any atom is 0.272 e. The number of carbonyl (C=O) groups excluding carboxylic acids is 1. The smallest absolute Gasteiger partial charge is 0.272 e. The quantitative estimate of drug-likeness (QED) is 0.891. The molecule has 0 atom stereocenters. The monoisotopic (exact) mass is 333 g/mol. The lowest BCUT2D eigenvalue weighted by molar-refractivity contribution is -0.129. The number of aromatic nitrogens is 3. The molecule has 0 spiro atoms. The van der Waals surface area contributed by atoms with Gasteiger partial charge < -0.3 is 14.8 Å². The van der Waals surface area contributed by atoms with Gasteiger partial charge in [-0.2, -0.15) is 0 Å². The molecule has 23 heavy (non-hydrogen) atoms. The van der Waals surface area contributed by atoms with E-state index in [9.17, 15) is 9.59 Å². The molecule has 0 bridgehead atoms. The van der Waals surface area contributed by atoms with Crippen LogP contribution in [0.25, 0.3) is 11.4 Å². The van der Waals surface area contributed by atoms with Crippen molar-refractivity contribution in [1.29, 1.82) is 0 Å². The van der Waals surface area contributed by atoms with Crippen LogP contribution in [0.15, 0.2) is 29.3 Å². The van der Waals surface area contributed by atoms with Crippen LogP contribution in [0.2, 0.25) is 5.02 Å². The maximum absolute atomic E-state index is 12.1. The number of rotatable bonds is 2. The lowest BCUT2D eigenvalue weighted by atomic mass is 10.2. The number of halogens is 1. The van der Waals surface area contributed by atoms with Gasteiger partial charge in [0.15, 0.2) is 5.82 Å². The minimum atomic E-state index is -0.377. The van der Waals surface area contributed by atoms with Gasteiger partial charge in [-0.25, -0.2) is 4.98 Å². The lowest BCUT2D eigenvalue weighted by Gasteiger charge is -2.35. The number of carbonyl (C=O) groups is 1. The zero-order chi connectivity index (χ0) is 16.4. The summed E-state index contributed by atoms with van der Waals surface area (Å²) in [7, 11) is 0. The first-order valence-electron chi connectivity index (χ1n) is 7.27. The van der Waals surface area contributed by atoms with Gasteiger partial charge in [0.1, 0.15) is 10.8 Å². The number of hydrogen-bond acceptors (Lipinski definition) is 5. The second kappa shape index (κ2) is 6.37. The molecule has 1 amide bonds. The zero-order valence-corrected chi connectivity index (χ0v) is 13.4. The first kappa shape index (κ1) is 15.5. The number of hydrogen-bond donors (Lipinski definition) is 1. The highest BCUT2D eigenvalue weighted by Crippen LogP contribution is 2.24. The molecule has 1 aliphatic heterocycles. The number of pyridine rings is 1. The summed E-state index contributed by atoms with van der Waals surface area (Å²) in [5.41, 5.74) is 0.384. The van der Waals surface area contributed by atoms with E-state index in [2.05, 4.69) is 15.0 Å². The van der Waals surface area contributed by atoms with Gasteiger partial charge in [0.25, 0.3) is 5.56 Å². The zero-order valence-electron chi connectivity index (χ0n) is 12.6. The van der Waals surface area contributed by atoms with Gasteiger partial charge in [-0.3, -0.25) is 14.6 Å². The number of nitrogens with zero attached hydrogens (tertiary/aromatic N) is 4. The minimum absolute atomic E-state index is 0.0482. The van der Waals surface area contributed by atoms with E-state index in [0.29, 0.717) is 37.8 Å². The van der Waals surface area contributed by atoms with E-state index < -0.39 is 0 Å². The lowest BCUT2D eigenvalue weighted by Crippen LogP contribution is -2.48. The largest absolute Gasteiger partial charge is 0.352 e. The Morgan fingerprint density at radius 1 is 1.22 bits per heavy atom. The number of amides is 1. The first-order chi connectivity index (χ1) is 11.1. The van der Waals surface area contributed by atoms with Crippen LogP contribution in [-0.4, -0.2) is 51.9 Å². The summed E-state index contributed by atoms with van der Waals surface area (Å²) in [6, 6.07) is 3.54. The van der Waals surface area contributed by atoms with Gasteiger partial charge in [0, 0.05) is 51.1 Å². The van der Waals surface area contributed by atoms with Crippen LogP contribution in [0.1, 0.15) is 6.92 Å². The average molecular weight is 334 g/mol. The van der Waals surface area contributed by atoms with Crippen LogP contribution in [-0.2, 0) is 4.79 Å². The molecular formula is C15H16ClN5O2. The van der Waals surface area contributed by atoms with E-state index in [1.807, 2.05) is 4.90 Å². The normalized spacial score (nSPS) is 14.9. The Kier molecular flexibility index (Phi) is 4.29. The van der Waals surface area contributed by atoms with E-state index in [0.717, 1.165) is 5.56 Å². The van der Waals surface area contributed by atoms with Crippen molar-refractivity contribution in [2.45, 2.75) is 6.92 Å². The number of H-pyrrole nitrogens is 1. The molecule has 0 aliphatic carbocycles. The molecule has 7 nitrogen and oxygen atoms in total. The Balaban J connectivity index is 1.92. The molecule has 120 valence electrons. The van der Waals surface area contributed by atoms with Gasteiger partial charge in [0.2, 0.25) is 5.91 Å². The molecule has 1 N–H and O–H groups in total. The molecule has 0 saturated carbocycles. The van der Waals surface area contributed by atoms with E-state index in [1.54, 1.807) is 36.4 Å². The van der Waals surface area contributed by atoms with Crippen LogP contribution >= 0.6 is 11.6 Å². The second-order valence-electron chi connectivity index (χ2n) is 5.28. The Morgan fingerprint density at radius 3 is 2.48 bits per heavy atom. The Bertz CT molecular complexity index is 769. The van der Waals surface area contributed by atoms with Crippen molar-refractivity contribution in [2.75, 3.05) is 31.1 Å². The second-order valence-corrected chi connectivity index (χ2v) is 5.66. The summed E-state index contributed by atoms with van der Waals surface area (Å²) in [6.45, 7) is 3.90. The molecule has 1 saturated heterocycles. The summed E-state index contributed by atoms with van der Waals surface area (Å²) in [5.74, 6) is 0.948. The highest BCUT2D eigenvalue weighted by atomic mass is 35.5. The van der Waals surface area contributed by atoms with Crippen LogP contribution in [0.4, 0.5) is 5.82 Å². The molecule has 1 aliphatic rings. The summed E-state index contributed by atoms with van der Waals surface area (Å²) >= 11 is 6.14. The Morgan fingerprint density at radius 2 is 1.87 bits per heavy atom. The van der Waals surface area contributed by atoms with E-state index in [1.165, 1.54) is 0 Å². The fraction of sp³-hybridized carbons (Fsp3) is 0.333. The predicted octanol–water partition coefficient (Wildman–Crippen LogP) is 1.15. The summed E-state index contributed by atoms with van der Waals surface area (Å²) in [5, 5.41) is 0.0686. The number of nitrogens with one attached hydrogen (secondary N) is 1. The van der Waals surface area contributed by atoms with Crippen molar-refractivity contribution in [3.8, 4) is 11.4 Å². The molecule has 0 aromatic carbocycles. The standard InChI is InChI=1S/C15H16ClN5O2/c1-10(22)20-6-8-21(9-7-20)14-12(16)15(23)19-13(18-14)11-2-4-17-5-3-11/h2-5H,6-9H2,1H3,(H,18,19,23). The van der Waals surface area contributed by atoms with Gasteiger partial charge in [-0.15, -0.1) is 0 Å². The number of aromatic amines is 1. The van der Waals surface area contributed by atoms with Crippen molar-refractivity contribution in [3.05, 3.63) is 39.9 Å². The number of anilines is 1. The predicted molar refractivity (Wildman–Crippen MR) is 87.6 cm³/mol. The average Bonchev–Trinajstić information content (AvgIpc) is 2.58. The summed E-state index contributed by atoms with van der Waals surface area (Å²) in [4.78, 5) is 38.4. The molecule has 0 radical (unpaired) electrons.